The Morgan fingerprint density at radius 1 is 1.09 bits per heavy atom. The molecule has 1 atom stereocenters. The van der Waals surface area contributed by atoms with E-state index in [1.807, 2.05) is 37.3 Å². The fraction of sp³-hybridized carbons (Fsp3) is 0.217. The maximum atomic E-state index is 14.0. The van der Waals surface area contributed by atoms with Crippen molar-refractivity contribution < 1.29 is 13.6 Å². The van der Waals surface area contributed by atoms with Crippen molar-refractivity contribution in [2.24, 2.45) is 0 Å². The average Bonchev–Trinajstić information content (AvgIpc) is 3.13. The molecule has 32 heavy (non-hydrogen) atoms. The minimum atomic E-state index is -1.03. The number of benzene rings is 2. The van der Waals surface area contributed by atoms with Crippen LogP contribution in [0, 0.1) is 25.5 Å². The fourth-order valence-corrected chi connectivity index (χ4v) is 3.76. The van der Waals surface area contributed by atoms with Crippen molar-refractivity contribution in [1.82, 2.24) is 19.6 Å². The van der Waals surface area contributed by atoms with Crippen LogP contribution in [0.5, 0.6) is 0 Å². The van der Waals surface area contributed by atoms with Crippen molar-refractivity contribution in [3.05, 3.63) is 81.9 Å². The quantitative estimate of drug-likeness (QED) is 0.510. The van der Waals surface area contributed by atoms with Gasteiger partial charge in [-0.3, -0.25) is 9.59 Å². The standard InChI is InChI=1S/C23H21F2N5O2/c1-4-19(22(31)26-18-12-15(24)10-11-17(18)25)30-23(32)21-20(13(2)27-30)14(3)29(28-21)16-8-6-5-7-9-16/h5-12,19H,4H2,1-3H3,(H,26,31). The van der Waals surface area contributed by atoms with Gasteiger partial charge in [-0.05, 0) is 44.5 Å². The largest absolute Gasteiger partial charge is 0.322 e. The predicted octanol–water partition coefficient (Wildman–Crippen LogP) is 4.07. The zero-order chi connectivity index (χ0) is 23.0. The number of halogens is 2. The molecular formula is C23H21F2N5O2. The number of rotatable bonds is 5. The molecule has 0 bridgehead atoms. The van der Waals surface area contributed by atoms with E-state index in [4.69, 9.17) is 0 Å². The van der Waals surface area contributed by atoms with E-state index in [0.717, 1.165) is 34.3 Å². The second-order valence-electron chi connectivity index (χ2n) is 7.43. The number of carbonyl (C=O) groups excluding carboxylic acids is 1. The summed E-state index contributed by atoms with van der Waals surface area (Å²) in [5.74, 6) is -2.15. The van der Waals surface area contributed by atoms with Gasteiger partial charge >= 0.3 is 0 Å². The van der Waals surface area contributed by atoms with Gasteiger partial charge in [0.15, 0.2) is 5.52 Å². The number of hydrogen-bond acceptors (Lipinski definition) is 4. The Morgan fingerprint density at radius 2 is 1.81 bits per heavy atom. The van der Waals surface area contributed by atoms with Crippen LogP contribution in [-0.2, 0) is 4.79 Å². The van der Waals surface area contributed by atoms with E-state index in [-0.39, 0.29) is 17.6 Å². The van der Waals surface area contributed by atoms with Crippen LogP contribution in [-0.4, -0.2) is 25.5 Å². The molecule has 0 fully saturated rings. The molecule has 4 aromatic rings. The molecule has 164 valence electrons. The zero-order valence-electron chi connectivity index (χ0n) is 17.8. The summed E-state index contributed by atoms with van der Waals surface area (Å²) in [5.41, 5.74) is 1.41. The smallest absolute Gasteiger partial charge is 0.295 e. The molecule has 0 aliphatic rings. The molecule has 0 saturated carbocycles. The molecular weight excluding hydrogens is 416 g/mol. The number of nitrogens with one attached hydrogen (secondary N) is 1. The normalized spacial score (nSPS) is 12.2. The lowest BCUT2D eigenvalue weighted by molar-refractivity contribution is -0.119. The van der Waals surface area contributed by atoms with Crippen LogP contribution in [0.1, 0.15) is 30.8 Å². The minimum absolute atomic E-state index is 0.182. The number of anilines is 1. The Balaban J connectivity index is 1.79. The van der Waals surface area contributed by atoms with E-state index in [1.54, 1.807) is 18.5 Å². The van der Waals surface area contributed by atoms with E-state index in [1.165, 1.54) is 0 Å². The van der Waals surface area contributed by atoms with E-state index in [9.17, 15) is 18.4 Å². The summed E-state index contributed by atoms with van der Waals surface area (Å²) >= 11 is 0. The SMILES string of the molecule is CCC(C(=O)Nc1cc(F)ccc1F)n1nc(C)c2c(C)n(-c3ccccc3)nc2c1=O. The molecule has 0 saturated heterocycles. The molecule has 2 heterocycles. The Labute approximate surface area is 182 Å². The van der Waals surface area contributed by atoms with Crippen molar-refractivity contribution in [2.75, 3.05) is 5.32 Å². The molecule has 0 aliphatic heterocycles. The molecule has 7 nitrogen and oxygen atoms in total. The summed E-state index contributed by atoms with van der Waals surface area (Å²) in [4.78, 5) is 26.1. The van der Waals surface area contributed by atoms with Gasteiger partial charge in [-0.15, -0.1) is 0 Å². The molecule has 1 unspecified atom stereocenters. The highest BCUT2D eigenvalue weighted by molar-refractivity contribution is 5.94. The zero-order valence-corrected chi connectivity index (χ0v) is 17.8. The lowest BCUT2D eigenvalue weighted by Crippen LogP contribution is -2.35. The summed E-state index contributed by atoms with van der Waals surface area (Å²) in [6, 6.07) is 11.1. The first-order valence-corrected chi connectivity index (χ1v) is 10.1. The molecule has 2 aromatic carbocycles. The first-order chi connectivity index (χ1) is 15.3. The van der Waals surface area contributed by atoms with E-state index < -0.39 is 29.1 Å². The number of aryl methyl sites for hydroxylation is 2. The van der Waals surface area contributed by atoms with Crippen LogP contribution in [0.3, 0.4) is 0 Å². The second kappa shape index (κ2) is 8.33. The molecule has 0 radical (unpaired) electrons. The van der Waals surface area contributed by atoms with Crippen molar-refractivity contribution >= 4 is 22.5 Å². The highest BCUT2D eigenvalue weighted by Gasteiger charge is 2.26. The minimum Gasteiger partial charge on any atom is -0.322 e. The summed E-state index contributed by atoms with van der Waals surface area (Å²) in [6.07, 6.45) is 0.207. The Hall–Kier alpha value is -3.88. The summed E-state index contributed by atoms with van der Waals surface area (Å²) in [7, 11) is 0. The van der Waals surface area contributed by atoms with Crippen LogP contribution in [0.15, 0.2) is 53.3 Å². The van der Waals surface area contributed by atoms with Gasteiger partial charge < -0.3 is 5.32 Å². The number of hydrogen-bond donors (Lipinski definition) is 1. The topological polar surface area (TPSA) is 81.8 Å². The van der Waals surface area contributed by atoms with Gasteiger partial charge in [-0.1, -0.05) is 25.1 Å². The Morgan fingerprint density at radius 3 is 2.50 bits per heavy atom. The van der Waals surface area contributed by atoms with Crippen LogP contribution in [0.25, 0.3) is 16.6 Å². The van der Waals surface area contributed by atoms with Crippen LogP contribution < -0.4 is 10.9 Å². The van der Waals surface area contributed by atoms with Gasteiger partial charge in [-0.25, -0.2) is 18.1 Å². The Kier molecular flexibility index (Phi) is 5.56. The van der Waals surface area contributed by atoms with Crippen LogP contribution in [0.4, 0.5) is 14.5 Å². The van der Waals surface area contributed by atoms with Gasteiger partial charge in [0.2, 0.25) is 5.91 Å². The first-order valence-electron chi connectivity index (χ1n) is 10.1. The molecule has 1 N–H and O–H groups in total. The summed E-state index contributed by atoms with van der Waals surface area (Å²) in [6.45, 7) is 5.28. The maximum Gasteiger partial charge on any atom is 0.295 e. The molecule has 4 rings (SSSR count). The Bertz CT molecular complexity index is 1380. The van der Waals surface area contributed by atoms with Gasteiger partial charge in [0.05, 0.1) is 28.1 Å². The highest BCUT2D eigenvalue weighted by Crippen LogP contribution is 2.23. The van der Waals surface area contributed by atoms with Crippen molar-refractivity contribution in [2.45, 2.75) is 33.2 Å². The lowest BCUT2D eigenvalue weighted by Gasteiger charge is -2.17. The molecule has 1 amide bonds. The predicted molar refractivity (Wildman–Crippen MR) is 117 cm³/mol. The molecule has 2 aromatic heterocycles. The van der Waals surface area contributed by atoms with Crippen molar-refractivity contribution in [3.63, 3.8) is 0 Å². The number of amides is 1. The maximum absolute atomic E-state index is 14.0. The van der Waals surface area contributed by atoms with Crippen LogP contribution in [0.2, 0.25) is 0 Å². The van der Waals surface area contributed by atoms with Gasteiger partial charge in [0.25, 0.3) is 5.56 Å². The lowest BCUT2D eigenvalue weighted by atomic mass is 10.1. The number of para-hydroxylation sites is 1. The van der Waals surface area contributed by atoms with E-state index in [0.29, 0.717) is 11.1 Å². The van der Waals surface area contributed by atoms with E-state index >= 15 is 0 Å². The third-order valence-corrected chi connectivity index (χ3v) is 5.32. The average molecular weight is 437 g/mol. The summed E-state index contributed by atoms with van der Waals surface area (Å²) in [5, 5.41) is 11.8. The molecule has 0 aliphatic carbocycles. The highest BCUT2D eigenvalue weighted by atomic mass is 19.1. The number of nitrogens with zero attached hydrogens (tertiary/aromatic N) is 4. The van der Waals surface area contributed by atoms with Crippen molar-refractivity contribution in [1.29, 1.82) is 0 Å². The molecule has 0 spiro atoms. The van der Waals surface area contributed by atoms with Gasteiger partial charge in [0.1, 0.15) is 17.7 Å². The van der Waals surface area contributed by atoms with E-state index in [2.05, 4.69) is 15.5 Å². The third kappa shape index (κ3) is 3.66. The first kappa shape index (κ1) is 21.4. The molecule has 9 heteroatoms. The second-order valence-corrected chi connectivity index (χ2v) is 7.43. The number of carbonyl (C=O) groups is 1. The van der Waals surface area contributed by atoms with Gasteiger partial charge in [-0.2, -0.15) is 10.2 Å². The van der Waals surface area contributed by atoms with Crippen LogP contribution >= 0.6 is 0 Å². The fourth-order valence-electron chi connectivity index (χ4n) is 3.76. The number of fused-ring (bicyclic) bond motifs is 1. The summed E-state index contributed by atoms with van der Waals surface area (Å²) < 4.78 is 30.2. The van der Waals surface area contributed by atoms with Crippen molar-refractivity contribution in [3.8, 4) is 5.69 Å². The van der Waals surface area contributed by atoms with Gasteiger partial charge in [0, 0.05) is 6.07 Å². The number of aromatic nitrogens is 4. The third-order valence-electron chi connectivity index (χ3n) is 5.32. The monoisotopic (exact) mass is 437 g/mol.